The monoisotopic (exact) mass is 484 g/mol. The molecule has 1 aliphatic heterocycles. The molecule has 0 amide bonds. The highest BCUT2D eigenvalue weighted by molar-refractivity contribution is 7.89. The van der Waals surface area contributed by atoms with E-state index < -0.39 is 22.0 Å². The summed E-state index contributed by atoms with van der Waals surface area (Å²) in [7, 11) is -3.69. The van der Waals surface area contributed by atoms with Crippen LogP contribution in [0.5, 0.6) is 0 Å². The smallest absolute Gasteiger partial charge is 0.243 e. The number of hydrogen-bond acceptors (Lipinski definition) is 5. The van der Waals surface area contributed by atoms with Crippen LogP contribution in [0.4, 0.5) is 11.4 Å². The molecule has 33 heavy (non-hydrogen) atoms. The van der Waals surface area contributed by atoms with Crippen LogP contribution in [-0.2, 0) is 14.8 Å². The molecular formula is C25H25ClN2O4S. The van der Waals surface area contributed by atoms with E-state index in [1.54, 1.807) is 24.3 Å². The summed E-state index contributed by atoms with van der Waals surface area (Å²) in [6.45, 7) is 1.90. The van der Waals surface area contributed by atoms with Gasteiger partial charge in [0.1, 0.15) is 5.78 Å². The summed E-state index contributed by atoms with van der Waals surface area (Å²) in [6, 6.07) is 21.3. The van der Waals surface area contributed by atoms with Crippen LogP contribution in [0.1, 0.15) is 30.4 Å². The van der Waals surface area contributed by atoms with Gasteiger partial charge in [-0.1, -0.05) is 48.0 Å². The lowest BCUT2D eigenvalue weighted by Crippen LogP contribution is -2.29. The van der Waals surface area contributed by atoms with Crippen molar-refractivity contribution in [2.75, 3.05) is 18.4 Å². The van der Waals surface area contributed by atoms with Gasteiger partial charge in [0, 0.05) is 29.5 Å². The molecule has 2 atom stereocenters. The summed E-state index contributed by atoms with van der Waals surface area (Å²) in [6.07, 6.45) is -0.209. The number of nitrogens with zero attached hydrogens (tertiary/aromatic N) is 1. The molecule has 3 aromatic rings. The molecule has 0 saturated carbocycles. The molecule has 0 bridgehead atoms. The van der Waals surface area contributed by atoms with Gasteiger partial charge >= 0.3 is 0 Å². The first kappa shape index (κ1) is 23.4. The van der Waals surface area contributed by atoms with Crippen molar-refractivity contribution >= 4 is 38.8 Å². The number of ketones is 1. The minimum absolute atomic E-state index is 0.0771. The van der Waals surface area contributed by atoms with Gasteiger partial charge in [-0.05, 0) is 60.9 Å². The van der Waals surface area contributed by atoms with E-state index in [0.717, 1.165) is 11.3 Å². The Hall–Kier alpha value is -2.71. The van der Waals surface area contributed by atoms with E-state index in [0.29, 0.717) is 29.2 Å². The predicted octanol–water partition coefficient (Wildman–Crippen LogP) is 4.56. The van der Waals surface area contributed by atoms with Crippen molar-refractivity contribution in [3.8, 4) is 0 Å². The van der Waals surface area contributed by atoms with Crippen molar-refractivity contribution < 1.29 is 18.3 Å². The maximum atomic E-state index is 12.9. The topological polar surface area (TPSA) is 86.7 Å². The Balaban J connectivity index is 1.68. The third-order valence-electron chi connectivity index (χ3n) is 5.76. The Morgan fingerprint density at radius 3 is 2.39 bits per heavy atom. The SMILES string of the molecule is CC(=O)C(c1ccc(S(=O)(=O)N2CCC(O)C2)cc1)c1ccc(Cl)cc1Nc1ccccc1. The van der Waals surface area contributed by atoms with Crippen LogP contribution in [0.2, 0.25) is 5.02 Å². The molecule has 0 aromatic heterocycles. The number of benzene rings is 3. The van der Waals surface area contributed by atoms with E-state index >= 15 is 0 Å². The van der Waals surface area contributed by atoms with Crippen LogP contribution < -0.4 is 5.32 Å². The standard InChI is InChI=1S/C25H25ClN2O4S/c1-17(29)25(23-12-9-19(26)15-24(23)27-20-5-3-2-4-6-20)18-7-10-22(11-8-18)33(31,32)28-14-13-21(30)16-28/h2-12,15,21,25,27,30H,13-14,16H2,1H3. The fourth-order valence-corrected chi connectivity index (χ4v) is 5.77. The van der Waals surface area contributed by atoms with Crippen LogP contribution in [0.25, 0.3) is 0 Å². The third-order valence-corrected chi connectivity index (χ3v) is 7.88. The molecular weight excluding hydrogens is 460 g/mol. The van der Waals surface area contributed by atoms with Crippen LogP contribution in [-0.4, -0.2) is 42.8 Å². The fraction of sp³-hybridized carbons (Fsp3) is 0.240. The molecule has 1 aliphatic rings. The zero-order valence-corrected chi connectivity index (χ0v) is 19.7. The van der Waals surface area contributed by atoms with Crippen molar-refractivity contribution in [1.29, 1.82) is 0 Å². The number of nitrogens with one attached hydrogen (secondary N) is 1. The molecule has 2 N–H and O–H groups in total. The predicted molar refractivity (Wildman–Crippen MR) is 130 cm³/mol. The number of carbonyl (C=O) groups is 1. The van der Waals surface area contributed by atoms with E-state index in [-0.39, 0.29) is 17.2 Å². The lowest BCUT2D eigenvalue weighted by atomic mass is 9.87. The lowest BCUT2D eigenvalue weighted by molar-refractivity contribution is -0.117. The molecule has 3 aromatic carbocycles. The van der Waals surface area contributed by atoms with E-state index in [1.807, 2.05) is 36.4 Å². The number of sulfonamides is 1. The van der Waals surface area contributed by atoms with Crippen molar-refractivity contribution in [2.24, 2.45) is 0 Å². The first-order valence-corrected chi connectivity index (χ1v) is 12.5. The molecule has 6 nitrogen and oxygen atoms in total. The second kappa shape index (κ2) is 9.65. The normalized spacial score (nSPS) is 17.6. The minimum atomic E-state index is -3.69. The highest BCUT2D eigenvalue weighted by Crippen LogP contribution is 2.35. The zero-order valence-electron chi connectivity index (χ0n) is 18.1. The van der Waals surface area contributed by atoms with E-state index in [2.05, 4.69) is 5.32 Å². The quantitative estimate of drug-likeness (QED) is 0.513. The number of hydrogen-bond donors (Lipinski definition) is 2. The van der Waals surface area contributed by atoms with Crippen molar-refractivity contribution in [1.82, 2.24) is 4.31 Å². The third kappa shape index (κ3) is 5.12. The molecule has 4 rings (SSSR count). The first-order valence-electron chi connectivity index (χ1n) is 10.7. The average molecular weight is 485 g/mol. The zero-order chi connectivity index (χ0) is 23.6. The number of β-amino-alcohol motifs (C(OH)–C–C–N with tert-alkyl or cyclic N) is 1. The Labute approximate surface area is 198 Å². The van der Waals surface area contributed by atoms with Gasteiger partial charge in [-0.15, -0.1) is 0 Å². The van der Waals surface area contributed by atoms with Crippen LogP contribution in [0.15, 0.2) is 77.7 Å². The summed E-state index contributed by atoms with van der Waals surface area (Å²) in [5.41, 5.74) is 2.99. The van der Waals surface area contributed by atoms with Crippen LogP contribution in [0, 0.1) is 0 Å². The minimum Gasteiger partial charge on any atom is -0.392 e. The number of aliphatic hydroxyl groups is 1. The highest BCUT2D eigenvalue weighted by Gasteiger charge is 2.32. The van der Waals surface area contributed by atoms with E-state index in [1.165, 1.54) is 23.4 Å². The number of aliphatic hydroxyl groups excluding tert-OH is 1. The fourth-order valence-electron chi connectivity index (χ4n) is 4.11. The van der Waals surface area contributed by atoms with Gasteiger partial charge in [-0.2, -0.15) is 4.31 Å². The molecule has 172 valence electrons. The summed E-state index contributed by atoms with van der Waals surface area (Å²) < 4.78 is 27.1. The van der Waals surface area contributed by atoms with Gasteiger partial charge in [0.25, 0.3) is 0 Å². The molecule has 0 radical (unpaired) electrons. The van der Waals surface area contributed by atoms with Crippen molar-refractivity contribution in [3.05, 3.63) is 88.9 Å². The van der Waals surface area contributed by atoms with Crippen molar-refractivity contribution in [2.45, 2.75) is 30.3 Å². The molecule has 2 unspecified atom stereocenters. The Morgan fingerprint density at radius 1 is 1.09 bits per heavy atom. The molecule has 0 aliphatic carbocycles. The summed E-state index contributed by atoms with van der Waals surface area (Å²) in [4.78, 5) is 12.9. The second-order valence-electron chi connectivity index (χ2n) is 8.14. The highest BCUT2D eigenvalue weighted by atomic mass is 35.5. The molecule has 0 spiro atoms. The van der Waals surface area contributed by atoms with E-state index in [9.17, 15) is 18.3 Å². The number of halogens is 1. The summed E-state index contributed by atoms with van der Waals surface area (Å²) >= 11 is 6.24. The Kier molecular flexibility index (Phi) is 6.86. The van der Waals surface area contributed by atoms with Gasteiger partial charge in [0.05, 0.1) is 16.9 Å². The largest absolute Gasteiger partial charge is 0.392 e. The number of carbonyl (C=O) groups excluding carboxylic acids is 1. The first-order chi connectivity index (χ1) is 15.8. The number of anilines is 2. The molecule has 1 fully saturated rings. The lowest BCUT2D eigenvalue weighted by Gasteiger charge is -2.21. The maximum Gasteiger partial charge on any atom is 0.243 e. The molecule has 1 heterocycles. The number of rotatable bonds is 7. The van der Waals surface area contributed by atoms with Crippen LogP contribution >= 0.6 is 11.6 Å². The number of para-hydroxylation sites is 1. The van der Waals surface area contributed by atoms with Crippen LogP contribution in [0.3, 0.4) is 0 Å². The maximum absolute atomic E-state index is 12.9. The van der Waals surface area contributed by atoms with Gasteiger partial charge in [0.2, 0.25) is 10.0 Å². The Bertz CT molecular complexity index is 1250. The van der Waals surface area contributed by atoms with Gasteiger partial charge in [-0.3, -0.25) is 4.79 Å². The molecule has 8 heteroatoms. The Morgan fingerprint density at radius 2 is 1.79 bits per heavy atom. The number of Topliss-reactive ketones (excluding diaryl/α,β-unsaturated/α-hetero) is 1. The summed E-state index contributed by atoms with van der Waals surface area (Å²) in [5.74, 6) is -0.675. The van der Waals surface area contributed by atoms with Gasteiger partial charge < -0.3 is 10.4 Å². The second-order valence-corrected chi connectivity index (χ2v) is 10.5. The van der Waals surface area contributed by atoms with Crippen molar-refractivity contribution in [3.63, 3.8) is 0 Å². The summed E-state index contributed by atoms with van der Waals surface area (Å²) in [5, 5.41) is 13.6. The van der Waals surface area contributed by atoms with E-state index in [4.69, 9.17) is 11.6 Å². The average Bonchev–Trinajstić information content (AvgIpc) is 3.23. The van der Waals surface area contributed by atoms with Gasteiger partial charge in [-0.25, -0.2) is 8.42 Å². The molecule has 1 saturated heterocycles. The van der Waals surface area contributed by atoms with Gasteiger partial charge in [0.15, 0.2) is 0 Å².